The first-order valence-electron chi connectivity index (χ1n) is 8.72. The van der Waals surface area contributed by atoms with E-state index in [1.165, 1.54) is 24.9 Å². The summed E-state index contributed by atoms with van der Waals surface area (Å²) in [7, 11) is 1.32. The average molecular weight is 441 g/mol. The van der Waals surface area contributed by atoms with Crippen molar-refractivity contribution < 1.29 is 18.7 Å². The molecule has 0 saturated carbocycles. The van der Waals surface area contributed by atoms with E-state index >= 15 is 0 Å². The number of hydrogen-bond donors (Lipinski definition) is 1. The molecule has 0 bridgehead atoms. The molecule has 0 unspecified atom stereocenters. The molecular weight excluding hydrogens is 424 g/mol. The molecular formula is C20H16N4O4S2. The highest BCUT2D eigenvalue weighted by Gasteiger charge is 2.14. The molecule has 0 aliphatic carbocycles. The number of furan rings is 1. The van der Waals surface area contributed by atoms with Crippen LogP contribution in [0.2, 0.25) is 0 Å². The topological polar surface area (TPSA) is 118 Å². The highest BCUT2D eigenvalue weighted by molar-refractivity contribution is 7.99. The summed E-state index contributed by atoms with van der Waals surface area (Å²) < 4.78 is 14.5. The van der Waals surface area contributed by atoms with Crippen LogP contribution in [0.1, 0.15) is 23.0 Å². The Labute approximate surface area is 180 Å². The van der Waals surface area contributed by atoms with Gasteiger partial charge in [0, 0.05) is 23.2 Å². The fraction of sp³-hybridized carbons (Fsp3) is 0.150. The molecule has 1 amide bonds. The summed E-state index contributed by atoms with van der Waals surface area (Å²) in [6.45, 7) is 1.98. The summed E-state index contributed by atoms with van der Waals surface area (Å²) in [5, 5.41) is 12.8. The van der Waals surface area contributed by atoms with E-state index in [1.807, 2.05) is 13.0 Å². The smallest absolute Gasteiger partial charge is 0.337 e. The first kappa shape index (κ1) is 21.3. The fourth-order valence-corrected chi connectivity index (χ4v) is 3.64. The van der Waals surface area contributed by atoms with Gasteiger partial charge < -0.3 is 9.15 Å². The number of benzene rings is 1. The average Bonchev–Trinajstić information content (AvgIpc) is 3.41. The number of esters is 1. The van der Waals surface area contributed by atoms with Gasteiger partial charge in [0.05, 0.1) is 12.7 Å². The number of nitrogens with zero attached hydrogens (tertiary/aromatic N) is 3. The predicted octanol–water partition coefficient (Wildman–Crippen LogP) is 4.24. The van der Waals surface area contributed by atoms with Gasteiger partial charge in [-0.15, -0.1) is 0 Å². The maximum absolute atomic E-state index is 12.4. The van der Waals surface area contributed by atoms with Crippen molar-refractivity contribution in [2.24, 2.45) is 0 Å². The second kappa shape index (κ2) is 9.87. The molecule has 0 spiro atoms. The standard InChI is InChI=1S/C20H16N4O4S2/c1-3-29-20-23-19(30-24-20)22-17(25)14(11-21)10-15-8-9-16(28-15)12-4-6-13(7-5-12)18(26)27-2/h4-10H,3H2,1-2H3,(H,22,23,24,25)/b14-10-. The number of hydrogen-bond acceptors (Lipinski definition) is 9. The lowest BCUT2D eigenvalue weighted by Crippen LogP contribution is -2.13. The van der Waals surface area contributed by atoms with Gasteiger partial charge in [-0.25, -0.2) is 4.79 Å². The maximum atomic E-state index is 12.4. The Morgan fingerprint density at radius 2 is 2.07 bits per heavy atom. The number of methoxy groups -OCH3 is 1. The lowest BCUT2D eigenvalue weighted by Gasteiger charge is -2.01. The molecule has 8 nitrogen and oxygen atoms in total. The molecule has 0 atom stereocenters. The van der Waals surface area contributed by atoms with Gasteiger partial charge in [-0.05, 0) is 30.0 Å². The van der Waals surface area contributed by atoms with Crippen molar-refractivity contribution in [1.29, 1.82) is 5.26 Å². The number of nitrogens with one attached hydrogen (secondary N) is 1. The quantitative estimate of drug-likeness (QED) is 0.251. The van der Waals surface area contributed by atoms with Crippen LogP contribution in [0.25, 0.3) is 17.4 Å². The van der Waals surface area contributed by atoms with E-state index in [0.29, 0.717) is 27.4 Å². The lowest BCUT2D eigenvalue weighted by atomic mass is 10.1. The molecule has 0 aliphatic rings. The normalized spacial score (nSPS) is 11.0. The van der Waals surface area contributed by atoms with E-state index in [9.17, 15) is 14.9 Å². The van der Waals surface area contributed by atoms with Crippen molar-refractivity contribution in [3.8, 4) is 17.4 Å². The molecule has 0 radical (unpaired) electrons. The number of rotatable bonds is 7. The minimum absolute atomic E-state index is 0.128. The Hall–Kier alpha value is -3.42. The van der Waals surface area contributed by atoms with E-state index in [-0.39, 0.29) is 5.57 Å². The highest BCUT2D eigenvalue weighted by atomic mass is 32.2. The zero-order valence-electron chi connectivity index (χ0n) is 16.0. The monoisotopic (exact) mass is 440 g/mol. The molecule has 1 aromatic carbocycles. The minimum Gasteiger partial charge on any atom is -0.465 e. The maximum Gasteiger partial charge on any atom is 0.337 e. The first-order valence-corrected chi connectivity index (χ1v) is 10.5. The van der Waals surface area contributed by atoms with Crippen molar-refractivity contribution in [2.75, 3.05) is 18.2 Å². The van der Waals surface area contributed by atoms with Gasteiger partial charge in [-0.3, -0.25) is 10.1 Å². The van der Waals surface area contributed by atoms with Gasteiger partial charge in [-0.2, -0.15) is 14.6 Å². The van der Waals surface area contributed by atoms with Crippen LogP contribution in [0, 0.1) is 11.3 Å². The summed E-state index contributed by atoms with van der Waals surface area (Å²) in [6, 6.07) is 11.9. The Morgan fingerprint density at radius 3 is 2.73 bits per heavy atom. The number of carbonyl (C=O) groups is 2. The van der Waals surface area contributed by atoms with Crippen LogP contribution in [0.3, 0.4) is 0 Å². The predicted molar refractivity (Wildman–Crippen MR) is 114 cm³/mol. The first-order chi connectivity index (χ1) is 14.5. The Bertz CT molecular complexity index is 1130. The molecule has 10 heteroatoms. The number of amides is 1. The molecule has 0 fully saturated rings. The van der Waals surface area contributed by atoms with Gasteiger partial charge in [0.1, 0.15) is 23.2 Å². The number of carbonyl (C=O) groups excluding carboxylic acids is 2. The minimum atomic E-state index is -0.595. The summed E-state index contributed by atoms with van der Waals surface area (Å²) >= 11 is 2.51. The fourth-order valence-electron chi connectivity index (χ4n) is 2.38. The highest BCUT2D eigenvalue weighted by Crippen LogP contribution is 2.25. The van der Waals surface area contributed by atoms with E-state index in [2.05, 4.69) is 19.4 Å². The van der Waals surface area contributed by atoms with E-state index < -0.39 is 11.9 Å². The molecule has 0 aliphatic heterocycles. The molecule has 3 aromatic rings. The largest absolute Gasteiger partial charge is 0.465 e. The molecule has 152 valence electrons. The Kier molecular flexibility index (Phi) is 7.00. The van der Waals surface area contributed by atoms with Crippen molar-refractivity contribution in [3.05, 3.63) is 53.3 Å². The zero-order chi connectivity index (χ0) is 21.5. The summed E-state index contributed by atoms with van der Waals surface area (Å²) in [6.07, 6.45) is 1.35. The van der Waals surface area contributed by atoms with E-state index in [1.54, 1.807) is 36.4 Å². The number of nitriles is 1. The van der Waals surface area contributed by atoms with Crippen molar-refractivity contribution in [3.63, 3.8) is 0 Å². The zero-order valence-corrected chi connectivity index (χ0v) is 17.7. The van der Waals surface area contributed by atoms with Crippen molar-refractivity contribution in [2.45, 2.75) is 12.1 Å². The van der Waals surface area contributed by atoms with Crippen molar-refractivity contribution in [1.82, 2.24) is 9.36 Å². The third-order valence-electron chi connectivity index (χ3n) is 3.77. The number of thioether (sulfide) groups is 1. The van der Waals surface area contributed by atoms with Crippen LogP contribution < -0.4 is 5.32 Å². The van der Waals surface area contributed by atoms with Gasteiger partial charge >= 0.3 is 5.97 Å². The van der Waals surface area contributed by atoms with Crippen LogP contribution in [-0.4, -0.2) is 34.1 Å². The van der Waals surface area contributed by atoms with Crippen LogP contribution in [0.5, 0.6) is 0 Å². The Balaban J connectivity index is 1.73. The van der Waals surface area contributed by atoms with E-state index in [4.69, 9.17) is 4.42 Å². The van der Waals surface area contributed by atoms with Gasteiger partial charge in [-0.1, -0.05) is 30.8 Å². The third kappa shape index (κ3) is 5.14. The molecule has 3 rings (SSSR count). The summed E-state index contributed by atoms with van der Waals surface area (Å²) in [4.78, 5) is 28.1. The second-order valence-electron chi connectivity index (χ2n) is 5.71. The second-order valence-corrected chi connectivity index (χ2v) is 7.69. The molecule has 2 heterocycles. The van der Waals surface area contributed by atoms with Crippen LogP contribution in [0.15, 0.2) is 51.5 Å². The molecule has 0 saturated heterocycles. The third-order valence-corrected chi connectivity index (χ3v) is 5.25. The van der Waals surface area contributed by atoms with Crippen LogP contribution >= 0.6 is 23.3 Å². The molecule has 1 N–H and O–H groups in total. The van der Waals surface area contributed by atoms with Crippen molar-refractivity contribution >= 4 is 46.4 Å². The lowest BCUT2D eigenvalue weighted by molar-refractivity contribution is -0.112. The van der Waals surface area contributed by atoms with Crippen LogP contribution in [0.4, 0.5) is 5.13 Å². The molecule has 2 aromatic heterocycles. The van der Waals surface area contributed by atoms with E-state index in [0.717, 1.165) is 22.8 Å². The van der Waals surface area contributed by atoms with Crippen LogP contribution in [-0.2, 0) is 9.53 Å². The van der Waals surface area contributed by atoms with Gasteiger partial charge in [0.15, 0.2) is 0 Å². The number of anilines is 1. The van der Waals surface area contributed by atoms with Gasteiger partial charge in [0.25, 0.3) is 5.91 Å². The summed E-state index contributed by atoms with van der Waals surface area (Å²) in [5.74, 6) is 0.667. The van der Waals surface area contributed by atoms with Gasteiger partial charge in [0.2, 0.25) is 10.3 Å². The number of ether oxygens (including phenoxy) is 1. The number of aromatic nitrogens is 2. The SMILES string of the molecule is CCSc1nsc(NC(=O)/C(C#N)=C\c2ccc(-c3ccc(C(=O)OC)cc3)o2)n1. The summed E-state index contributed by atoms with van der Waals surface area (Å²) in [5.41, 5.74) is 1.03. The Morgan fingerprint density at radius 1 is 1.30 bits per heavy atom. The molecule has 30 heavy (non-hydrogen) atoms.